The van der Waals surface area contributed by atoms with Crippen LogP contribution < -0.4 is 15.1 Å². The third-order valence-electron chi connectivity index (χ3n) is 10.5. The first kappa shape index (κ1) is 34.0. The van der Waals surface area contributed by atoms with E-state index in [9.17, 15) is 0 Å². The van der Waals surface area contributed by atoms with Crippen LogP contribution in [-0.4, -0.2) is 23.5 Å². The number of hydrogen-bond acceptors (Lipinski definition) is 1. The lowest BCUT2D eigenvalue weighted by molar-refractivity contribution is 0.354. The Morgan fingerprint density at radius 1 is 0.708 bits per heavy atom. The monoisotopic (exact) mass is 664 g/mol. The van der Waals surface area contributed by atoms with Gasteiger partial charge in [-0.05, 0) is 92.6 Å². The van der Waals surface area contributed by atoms with Crippen LogP contribution in [0.15, 0.2) is 104 Å². The third-order valence-corrected chi connectivity index (χ3v) is 16.3. The molecule has 0 spiro atoms. The van der Waals surface area contributed by atoms with E-state index in [1.165, 1.54) is 71.9 Å². The van der Waals surface area contributed by atoms with Crippen molar-refractivity contribution >= 4 is 27.2 Å². The Kier molecular flexibility index (Phi) is 9.08. The van der Waals surface area contributed by atoms with Crippen LogP contribution in [0, 0.1) is 20.8 Å². The van der Waals surface area contributed by atoms with Crippen molar-refractivity contribution in [3.8, 4) is 39.1 Å². The zero-order valence-electron chi connectivity index (χ0n) is 30.7. The molecule has 3 heteroatoms. The molecule has 0 atom stereocenters. The lowest BCUT2D eigenvalue weighted by Gasteiger charge is -2.38. The molecule has 0 saturated carbocycles. The molecule has 0 unspecified atom stereocenters. The van der Waals surface area contributed by atoms with Gasteiger partial charge in [0, 0.05) is 5.54 Å². The van der Waals surface area contributed by atoms with E-state index in [4.69, 9.17) is 4.74 Å². The number of benzene rings is 5. The van der Waals surface area contributed by atoms with Crippen LogP contribution in [0.5, 0.6) is 5.75 Å². The van der Waals surface area contributed by atoms with Crippen molar-refractivity contribution in [1.29, 1.82) is 0 Å². The minimum Gasteiger partial charge on any atom is -0.489 e. The maximum absolute atomic E-state index is 6.87. The predicted molar refractivity (Wildman–Crippen MR) is 215 cm³/mol. The van der Waals surface area contributed by atoms with Gasteiger partial charge in [0.05, 0.1) is 16.9 Å². The molecule has 0 heterocycles. The molecule has 5 aromatic carbocycles. The molecule has 1 nitrogen and oxygen atoms in total. The molecule has 246 valence electrons. The fraction of sp³-hybridized carbons (Fsp3) is 0.289. The van der Waals surface area contributed by atoms with Crippen molar-refractivity contribution in [3.05, 3.63) is 137 Å². The molecule has 0 amide bonds. The Morgan fingerprint density at radius 3 is 1.65 bits per heavy atom. The van der Waals surface area contributed by atoms with Crippen molar-refractivity contribution in [2.24, 2.45) is 0 Å². The summed E-state index contributed by atoms with van der Waals surface area (Å²) in [6.07, 6.45) is 1.90. The summed E-state index contributed by atoms with van der Waals surface area (Å²) in [5, 5.41) is 2.99. The molecule has 6 rings (SSSR count). The molecule has 0 aliphatic heterocycles. The second-order valence-corrected chi connectivity index (χ2v) is 23.2. The number of ether oxygens (including phenoxy) is 1. The number of fused-ring (bicyclic) bond motifs is 3. The smallest absolute Gasteiger partial charge is 0.122 e. The molecule has 48 heavy (non-hydrogen) atoms. The number of rotatable bonds is 8. The molecule has 1 aliphatic carbocycles. The first-order chi connectivity index (χ1) is 22.8. The Hall–Kier alpha value is -3.93. The molecule has 0 fully saturated rings. The maximum Gasteiger partial charge on any atom is 0.122 e. The summed E-state index contributed by atoms with van der Waals surface area (Å²) in [5.74, 6) is 1.13. The van der Waals surface area contributed by atoms with Crippen LogP contribution >= 0.6 is 0 Å². The van der Waals surface area contributed by atoms with E-state index in [1.807, 2.05) is 6.08 Å². The van der Waals surface area contributed by atoms with Gasteiger partial charge in [0.25, 0.3) is 0 Å². The van der Waals surface area contributed by atoms with Crippen LogP contribution in [0.3, 0.4) is 0 Å². The molecule has 0 bridgehead atoms. The first-order valence-electron chi connectivity index (χ1n) is 17.6. The molecular formula is C45H52OSi2. The molecule has 1 aliphatic rings. The summed E-state index contributed by atoms with van der Waals surface area (Å²) in [4.78, 5) is 0. The van der Waals surface area contributed by atoms with Gasteiger partial charge in [-0.25, -0.2) is 0 Å². The van der Waals surface area contributed by atoms with Crippen molar-refractivity contribution in [2.45, 2.75) is 78.7 Å². The molecule has 0 radical (unpaired) electrons. The Morgan fingerprint density at radius 2 is 1.21 bits per heavy atom. The highest BCUT2D eigenvalue weighted by Gasteiger charge is 2.45. The van der Waals surface area contributed by atoms with Gasteiger partial charge in [-0.15, -0.1) is 0 Å². The summed E-state index contributed by atoms with van der Waals surface area (Å²) in [7, 11) is -3.52. The topological polar surface area (TPSA) is 9.23 Å². The molecule has 0 N–H and O–H groups in total. The highest BCUT2D eigenvalue weighted by Crippen LogP contribution is 2.52. The molecular weight excluding hydrogens is 613 g/mol. The van der Waals surface area contributed by atoms with Crippen LogP contribution in [0.2, 0.25) is 26.2 Å². The van der Waals surface area contributed by atoms with Gasteiger partial charge in [-0.1, -0.05) is 161 Å². The summed E-state index contributed by atoms with van der Waals surface area (Å²) in [6.45, 7) is 28.6. The lowest BCUT2D eigenvalue weighted by atomic mass is 9.85. The van der Waals surface area contributed by atoms with E-state index in [1.54, 1.807) is 5.19 Å². The average Bonchev–Trinajstić information content (AvgIpc) is 3.37. The van der Waals surface area contributed by atoms with Crippen molar-refractivity contribution in [3.63, 3.8) is 0 Å². The fourth-order valence-corrected chi connectivity index (χ4v) is 14.2. The van der Waals surface area contributed by atoms with Crippen LogP contribution in [0.4, 0.5) is 0 Å². The predicted octanol–water partition coefficient (Wildman–Crippen LogP) is 10.8. The quantitative estimate of drug-likeness (QED) is 0.118. The Bertz CT molecular complexity index is 1930. The molecule has 5 aromatic rings. The summed E-state index contributed by atoms with van der Waals surface area (Å²) in [5.41, 5.74) is 16.5. The van der Waals surface area contributed by atoms with E-state index < -0.39 is 16.9 Å². The van der Waals surface area contributed by atoms with Crippen LogP contribution in [0.1, 0.15) is 59.7 Å². The number of hydrogen-bond donors (Lipinski definition) is 0. The fourth-order valence-electron chi connectivity index (χ4n) is 8.40. The van der Waals surface area contributed by atoms with Gasteiger partial charge in [0.1, 0.15) is 12.4 Å². The third kappa shape index (κ3) is 5.86. The molecule has 0 saturated heterocycles. The zero-order valence-corrected chi connectivity index (χ0v) is 32.9. The van der Waals surface area contributed by atoms with Crippen LogP contribution in [0.25, 0.3) is 33.4 Å². The van der Waals surface area contributed by atoms with E-state index >= 15 is 0 Å². The molecule has 0 aromatic heterocycles. The largest absolute Gasteiger partial charge is 0.489 e. The standard InChI is InChI=1S/C45H52OSi2/c1-12-25-46-42-40(26-31(4)43(47(8)9)41(42)45(5,6)7)48(10,11)44-38-27-32(34-19-15-13-17-29(34)2)21-23-36(38)37-24-22-33(28-39(37)44)35-20-16-14-18-30(35)3/h12-24,26-28,44,47H,1,25H2,2-11H3. The minimum absolute atomic E-state index is 0.0458. The van der Waals surface area contributed by atoms with Gasteiger partial charge < -0.3 is 4.74 Å². The van der Waals surface area contributed by atoms with Gasteiger partial charge in [-0.3, -0.25) is 0 Å². The van der Waals surface area contributed by atoms with Gasteiger partial charge >= 0.3 is 0 Å². The van der Waals surface area contributed by atoms with Gasteiger partial charge in [0.2, 0.25) is 0 Å². The normalized spacial score (nSPS) is 13.1. The van der Waals surface area contributed by atoms with Crippen molar-refractivity contribution in [2.75, 3.05) is 6.61 Å². The summed E-state index contributed by atoms with van der Waals surface area (Å²) < 4.78 is 6.87. The second-order valence-electron chi connectivity index (χ2n) is 15.8. The van der Waals surface area contributed by atoms with Crippen molar-refractivity contribution in [1.82, 2.24) is 0 Å². The first-order valence-corrected chi connectivity index (χ1v) is 23.5. The summed E-state index contributed by atoms with van der Waals surface area (Å²) in [6, 6.07) is 34.6. The second kappa shape index (κ2) is 12.8. The van der Waals surface area contributed by atoms with Gasteiger partial charge in [-0.2, -0.15) is 0 Å². The highest BCUT2D eigenvalue weighted by molar-refractivity contribution is 6.92. The van der Waals surface area contributed by atoms with E-state index in [2.05, 4.69) is 165 Å². The Labute approximate surface area is 292 Å². The van der Waals surface area contributed by atoms with E-state index in [0.717, 1.165) is 5.75 Å². The number of aryl methyl sites for hydroxylation is 3. The SMILES string of the molecule is C=CCOc1c([Si](C)(C)C2c3cc(-c4ccccc4C)ccc3-c3ccc(-c4ccccc4C)cc32)cc(C)c([SiH](C)C)c1C(C)(C)C. The highest BCUT2D eigenvalue weighted by atomic mass is 28.3. The van der Waals surface area contributed by atoms with Gasteiger partial charge in [0.15, 0.2) is 0 Å². The van der Waals surface area contributed by atoms with E-state index in [-0.39, 0.29) is 11.0 Å². The minimum atomic E-state index is -2.36. The summed E-state index contributed by atoms with van der Waals surface area (Å²) >= 11 is 0. The Balaban J connectivity index is 1.66. The maximum atomic E-state index is 6.87. The average molecular weight is 665 g/mol. The van der Waals surface area contributed by atoms with Crippen LogP contribution in [-0.2, 0) is 5.41 Å². The van der Waals surface area contributed by atoms with E-state index in [0.29, 0.717) is 6.61 Å². The zero-order chi connectivity index (χ0) is 34.5. The van der Waals surface area contributed by atoms with Crippen molar-refractivity contribution < 1.29 is 4.74 Å². The lowest BCUT2D eigenvalue weighted by Crippen LogP contribution is -2.51.